The van der Waals surface area contributed by atoms with Crippen LogP contribution in [0.2, 0.25) is 5.02 Å². The molecule has 0 aliphatic carbocycles. The average Bonchev–Trinajstić information content (AvgIpc) is 2.22. The molecular weight excluding hydrogens is 208 g/mol. The van der Waals surface area contributed by atoms with Gasteiger partial charge in [-0.1, -0.05) is 37.1 Å². The predicted octanol–water partition coefficient (Wildman–Crippen LogP) is 3.27. The van der Waals surface area contributed by atoms with Gasteiger partial charge in [0.25, 0.3) is 0 Å². The molecule has 1 aromatic carbocycles. The summed E-state index contributed by atoms with van der Waals surface area (Å²) in [6.45, 7) is 4.88. The summed E-state index contributed by atoms with van der Waals surface area (Å²) in [4.78, 5) is 0. The molecule has 3 heteroatoms. The van der Waals surface area contributed by atoms with Crippen molar-refractivity contribution in [2.45, 2.75) is 32.2 Å². The minimum Gasteiger partial charge on any atom is -0.377 e. The zero-order valence-electron chi connectivity index (χ0n) is 9.39. The number of hydrogen-bond acceptors (Lipinski definition) is 2. The molecule has 0 radical (unpaired) electrons. The van der Waals surface area contributed by atoms with Crippen LogP contribution in [-0.4, -0.2) is 12.1 Å². The fourth-order valence-corrected chi connectivity index (χ4v) is 1.84. The third-order valence-electron chi connectivity index (χ3n) is 2.56. The molecule has 0 saturated carbocycles. The summed E-state index contributed by atoms with van der Waals surface area (Å²) in [6, 6.07) is 7.75. The lowest BCUT2D eigenvalue weighted by Crippen LogP contribution is -2.42. The highest BCUT2D eigenvalue weighted by atomic mass is 35.5. The average molecular weight is 227 g/mol. The molecule has 0 heterocycles. The van der Waals surface area contributed by atoms with Gasteiger partial charge in [0.15, 0.2) is 0 Å². The number of halogens is 1. The minimum atomic E-state index is -0.0697. The van der Waals surface area contributed by atoms with E-state index < -0.39 is 0 Å². The van der Waals surface area contributed by atoms with Gasteiger partial charge in [-0.15, -0.1) is 0 Å². The second-order valence-corrected chi connectivity index (χ2v) is 4.53. The Labute approximate surface area is 96.8 Å². The van der Waals surface area contributed by atoms with E-state index in [1.807, 2.05) is 24.3 Å². The SMILES string of the molecule is CCCC(C)(CN)Nc1ccccc1Cl. The van der Waals surface area contributed by atoms with Gasteiger partial charge in [-0.2, -0.15) is 0 Å². The summed E-state index contributed by atoms with van der Waals surface area (Å²) in [5.74, 6) is 0. The van der Waals surface area contributed by atoms with Crippen molar-refractivity contribution in [2.75, 3.05) is 11.9 Å². The van der Waals surface area contributed by atoms with Gasteiger partial charge in [0, 0.05) is 12.1 Å². The zero-order chi connectivity index (χ0) is 11.3. The lowest BCUT2D eigenvalue weighted by Gasteiger charge is -2.30. The van der Waals surface area contributed by atoms with Crippen LogP contribution in [0.3, 0.4) is 0 Å². The summed E-state index contributed by atoms with van der Waals surface area (Å²) in [7, 11) is 0. The molecule has 3 N–H and O–H groups in total. The van der Waals surface area contributed by atoms with Crippen LogP contribution in [0.1, 0.15) is 26.7 Å². The minimum absolute atomic E-state index is 0.0697. The number of hydrogen-bond donors (Lipinski definition) is 2. The molecular formula is C12H19ClN2. The highest BCUT2D eigenvalue weighted by molar-refractivity contribution is 6.33. The number of nitrogens with one attached hydrogen (secondary N) is 1. The summed E-state index contributed by atoms with van der Waals surface area (Å²) in [5, 5.41) is 4.16. The second kappa shape index (κ2) is 5.38. The van der Waals surface area contributed by atoms with Crippen molar-refractivity contribution >= 4 is 17.3 Å². The van der Waals surface area contributed by atoms with Crippen molar-refractivity contribution < 1.29 is 0 Å². The molecule has 0 spiro atoms. The monoisotopic (exact) mass is 226 g/mol. The van der Waals surface area contributed by atoms with Crippen LogP contribution in [-0.2, 0) is 0 Å². The highest BCUT2D eigenvalue weighted by Crippen LogP contribution is 2.25. The van der Waals surface area contributed by atoms with E-state index in [0.29, 0.717) is 6.54 Å². The van der Waals surface area contributed by atoms with Gasteiger partial charge in [0.2, 0.25) is 0 Å². The first-order valence-electron chi connectivity index (χ1n) is 5.34. The van der Waals surface area contributed by atoms with E-state index in [1.54, 1.807) is 0 Å². The first kappa shape index (κ1) is 12.3. The Hall–Kier alpha value is -0.730. The van der Waals surface area contributed by atoms with E-state index in [1.165, 1.54) is 0 Å². The number of benzene rings is 1. The molecule has 1 aromatic rings. The van der Waals surface area contributed by atoms with Gasteiger partial charge < -0.3 is 11.1 Å². The number of rotatable bonds is 5. The van der Waals surface area contributed by atoms with Gasteiger partial charge in [0.05, 0.1) is 10.7 Å². The van der Waals surface area contributed by atoms with Gasteiger partial charge >= 0.3 is 0 Å². The molecule has 84 valence electrons. The fraction of sp³-hybridized carbons (Fsp3) is 0.500. The summed E-state index contributed by atoms with van der Waals surface area (Å²) < 4.78 is 0. The molecule has 2 nitrogen and oxygen atoms in total. The molecule has 0 aliphatic rings. The van der Waals surface area contributed by atoms with Gasteiger partial charge in [-0.25, -0.2) is 0 Å². The highest BCUT2D eigenvalue weighted by Gasteiger charge is 2.21. The van der Waals surface area contributed by atoms with Gasteiger partial charge in [0.1, 0.15) is 0 Å². The Morgan fingerprint density at radius 1 is 1.40 bits per heavy atom. The molecule has 0 amide bonds. The van der Waals surface area contributed by atoms with Crippen LogP contribution in [0.25, 0.3) is 0 Å². The summed E-state index contributed by atoms with van der Waals surface area (Å²) in [6.07, 6.45) is 2.14. The van der Waals surface area contributed by atoms with E-state index >= 15 is 0 Å². The zero-order valence-corrected chi connectivity index (χ0v) is 10.1. The van der Waals surface area contributed by atoms with Crippen molar-refractivity contribution in [1.29, 1.82) is 0 Å². The Kier molecular flexibility index (Phi) is 4.43. The van der Waals surface area contributed by atoms with Crippen LogP contribution < -0.4 is 11.1 Å². The summed E-state index contributed by atoms with van der Waals surface area (Å²) in [5.41, 5.74) is 6.67. The van der Waals surface area contributed by atoms with Gasteiger partial charge in [-0.3, -0.25) is 0 Å². The summed E-state index contributed by atoms with van der Waals surface area (Å²) >= 11 is 6.08. The first-order valence-corrected chi connectivity index (χ1v) is 5.72. The van der Waals surface area contributed by atoms with Crippen LogP contribution in [0.4, 0.5) is 5.69 Å². The van der Waals surface area contributed by atoms with E-state index in [0.717, 1.165) is 23.6 Å². The quantitative estimate of drug-likeness (QED) is 0.809. The van der Waals surface area contributed by atoms with Crippen LogP contribution in [0.5, 0.6) is 0 Å². The van der Waals surface area contributed by atoms with Gasteiger partial charge in [-0.05, 0) is 25.5 Å². The fourth-order valence-electron chi connectivity index (χ4n) is 1.66. The Morgan fingerprint density at radius 3 is 2.60 bits per heavy atom. The normalized spacial score (nSPS) is 14.7. The smallest absolute Gasteiger partial charge is 0.0637 e. The Balaban J connectivity index is 2.79. The van der Waals surface area contributed by atoms with Crippen molar-refractivity contribution in [2.24, 2.45) is 5.73 Å². The molecule has 1 unspecified atom stereocenters. The molecule has 0 aromatic heterocycles. The molecule has 0 aliphatic heterocycles. The maximum absolute atomic E-state index is 6.08. The lowest BCUT2D eigenvalue weighted by atomic mass is 9.96. The number of para-hydroxylation sites is 1. The molecule has 15 heavy (non-hydrogen) atoms. The van der Waals surface area contributed by atoms with Crippen LogP contribution in [0, 0.1) is 0 Å². The van der Waals surface area contributed by atoms with E-state index in [2.05, 4.69) is 19.2 Å². The Morgan fingerprint density at radius 2 is 2.07 bits per heavy atom. The first-order chi connectivity index (χ1) is 7.11. The van der Waals surface area contributed by atoms with E-state index in [4.69, 9.17) is 17.3 Å². The lowest BCUT2D eigenvalue weighted by molar-refractivity contribution is 0.476. The van der Waals surface area contributed by atoms with Crippen molar-refractivity contribution in [3.8, 4) is 0 Å². The molecule has 0 bridgehead atoms. The predicted molar refractivity (Wildman–Crippen MR) is 67.4 cm³/mol. The largest absolute Gasteiger partial charge is 0.377 e. The third-order valence-corrected chi connectivity index (χ3v) is 2.89. The maximum Gasteiger partial charge on any atom is 0.0637 e. The molecule has 1 rings (SSSR count). The third kappa shape index (κ3) is 3.40. The molecule has 0 fully saturated rings. The van der Waals surface area contributed by atoms with E-state index in [-0.39, 0.29) is 5.54 Å². The van der Waals surface area contributed by atoms with Crippen molar-refractivity contribution in [3.05, 3.63) is 29.3 Å². The molecule has 1 atom stereocenters. The number of nitrogens with two attached hydrogens (primary N) is 1. The van der Waals surface area contributed by atoms with Crippen molar-refractivity contribution in [3.63, 3.8) is 0 Å². The Bertz CT molecular complexity index is 314. The van der Waals surface area contributed by atoms with Crippen LogP contribution in [0.15, 0.2) is 24.3 Å². The number of anilines is 1. The van der Waals surface area contributed by atoms with E-state index in [9.17, 15) is 0 Å². The topological polar surface area (TPSA) is 38.0 Å². The second-order valence-electron chi connectivity index (χ2n) is 4.12. The van der Waals surface area contributed by atoms with Crippen molar-refractivity contribution in [1.82, 2.24) is 0 Å². The molecule has 0 saturated heterocycles. The maximum atomic E-state index is 6.08. The van der Waals surface area contributed by atoms with Crippen LogP contribution >= 0.6 is 11.6 Å². The standard InChI is InChI=1S/C12H19ClN2/c1-3-8-12(2,9-14)15-11-7-5-4-6-10(11)13/h4-7,15H,3,8-9,14H2,1-2H3.